The van der Waals surface area contributed by atoms with Gasteiger partial charge in [-0.3, -0.25) is 4.90 Å². The molecule has 1 atom stereocenters. The maximum Gasteiger partial charge on any atom is 0.212 e. The summed E-state index contributed by atoms with van der Waals surface area (Å²) >= 11 is 0. The van der Waals surface area contributed by atoms with E-state index >= 15 is 0 Å². The van der Waals surface area contributed by atoms with Crippen LogP contribution in [0.15, 0.2) is 59.0 Å². The molecular formula is C23H29Cl2N3O. The first-order valence-electron chi connectivity index (χ1n) is 9.76. The van der Waals surface area contributed by atoms with Crippen molar-refractivity contribution in [2.24, 2.45) is 0 Å². The molecule has 1 saturated heterocycles. The fraction of sp³-hybridized carbons (Fsp3) is 0.348. The Morgan fingerprint density at radius 2 is 1.86 bits per heavy atom. The molecule has 1 aliphatic rings. The lowest BCUT2D eigenvalue weighted by Crippen LogP contribution is -2.23. The molecule has 4 rings (SSSR count). The lowest BCUT2D eigenvalue weighted by atomic mass is 10.0. The molecule has 29 heavy (non-hydrogen) atoms. The molecule has 0 saturated carbocycles. The lowest BCUT2D eigenvalue weighted by Gasteiger charge is -2.22. The summed E-state index contributed by atoms with van der Waals surface area (Å²) in [4.78, 5) is 7.42. The number of hydrogen-bond acceptors (Lipinski definition) is 4. The molecule has 1 aliphatic heterocycles. The molecule has 0 spiro atoms. The van der Waals surface area contributed by atoms with Crippen LogP contribution < -0.4 is 5.73 Å². The van der Waals surface area contributed by atoms with Crippen molar-refractivity contribution in [2.75, 3.05) is 12.3 Å². The van der Waals surface area contributed by atoms with Crippen molar-refractivity contribution < 1.29 is 4.42 Å². The topological polar surface area (TPSA) is 55.3 Å². The van der Waals surface area contributed by atoms with Gasteiger partial charge in [-0.05, 0) is 37.1 Å². The Kier molecular flexibility index (Phi) is 8.14. The van der Waals surface area contributed by atoms with Crippen LogP contribution in [0.5, 0.6) is 0 Å². The Bertz CT molecular complexity index is 911. The van der Waals surface area contributed by atoms with Gasteiger partial charge in [-0.1, -0.05) is 56.3 Å². The minimum atomic E-state index is 0. The Hall–Kier alpha value is -2.01. The second-order valence-corrected chi connectivity index (χ2v) is 7.66. The molecular weight excluding hydrogens is 405 g/mol. The molecule has 2 heterocycles. The molecule has 0 radical (unpaired) electrons. The van der Waals surface area contributed by atoms with E-state index in [1.807, 2.05) is 18.2 Å². The van der Waals surface area contributed by atoms with Gasteiger partial charge in [0.1, 0.15) is 11.5 Å². The zero-order valence-corrected chi connectivity index (χ0v) is 18.5. The molecule has 2 N–H and O–H groups in total. The quantitative estimate of drug-likeness (QED) is 0.484. The van der Waals surface area contributed by atoms with Crippen LogP contribution in [0.3, 0.4) is 0 Å². The van der Waals surface area contributed by atoms with E-state index in [4.69, 9.17) is 15.1 Å². The van der Waals surface area contributed by atoms with Crippen LogP contribution in [-0.4, -0.2) is 16.4 Å². The number of nitrogens with two attached hydrogens (primary N) is 1. The average Bonchev–Trinajstić information content (AvgIpc) is 3.29. The number of oxazole rings is 1. The summed E-state index contributed by atoms with van der Waals surface area (Å²) < 4.78 is 6.33. The van der Waals surface area contributed by atoms with Crippen molar-refractivity contribution in [3.05, 3.63) is 71.8 Å². The van der Waals surface area contributed by atoms with E-state index in [1.165, 1.54) is 5.56 Å². The van der Waals surface area contributed by atoms with E-state index in [1.54, 1.807) is 0 Å². The highest BCUT2D eigenvalue weighted by atomic mass is 35.5. The molecule has 3 aromatic rings. The summed E-state index contributed by atoms with van der Waals surface area (Å²) in [5, 5.41) is 0. The summed E-state index contributed by atoms with van der Waals surface area (Å²) in [5.41, 5.74) is 10.1. The third-order valence-electron chi connectivity index (χ3n) is 5.23. The van der Waals surface area contributed by atoms with Gasteiger partial charge in [0.2, 0.25) is 5.89 Å². The first-order valence-corrected chi connectivity index (χ1v) is 9.76. The summed E-state index contributed by atoms with van der Waals surface area (Å²) in [7, 11) is 0. The predicted molar refractivity (Wildman–Crippen MR) is 124 cm³/mol. The van der Waals surface area contributed by atoms with E-state index in [2.05, 4.69) is 55.1 Å². The summed E-state index contributed by atoms with van der Waals surface area (Å²) in [6.45, 7) is 6.25. The number of hydrogen-bond donors (Lipinski definition) is 1. The number of nitrogen functional groups attached to an aromatic ring is 1. The normalized spacial score (nSPS) is 16.4. The van der Waals surface area contributed by atoms with Crippen LogP contribution in [0.4, 0.5) is 5.69 Å². The molecule has 2 aromatic carbocycles. The molecule has 1 aromatic heterocycles. The fourth-order valence-electron chi connectivity index (χ4n) is 3.91. The smallest absolute Gasteiger partial charge is 0.212 e. The van der Waals surface area contributed by atoms with Gasteiger partial charge in [0.25, 0.3) is 0 Å². The van der Waals surface area contributed by atoms with Gasteiger partial charge in [-0.15, -0.1) is 24.8 Å². The summed E-state index contributed by atoms with van der Waals surface area (Å²) in [6.07, 6.45) is 2.24. The van der Waals surface area contributed by atoms with Crippen LogP contribution >= 0.6 is 24.8 Å². The average molecular weight is 434 g/mol. The molecule has 6 heteroatoms. The molecule has 1 unspecified atom stereocenters. The van der Waals surface area contributed by atoms with Crippen LogP contribution in [0.2, 0.25) is 0 Å². The number of benzene rings is 2. The minimum Gasteiger partial charge on any atom is -0.443 e. The first kappa shape index (κ1) is 23.3. The maximum absolute atomic E-state index is 6.33. The standard InChI is InChI=1S/C23H27N3O.2ClH/c1-16(2)22-21(18-9-4-3-5-10-18)25-23(27-22)20-12-7-13-26(20)15-17-8-6-11-19(24)14-17;;/h3-6,8-11,14,16,20H,7,12-13,15,24H2,1-2H3;2*1H. The number of rotatable bonds is 5. The molecule has 0 aliphatic carbocycles. The van der Waals surface area contributed by atoms with Gasteiger partial charge in [0, 0.05) is 23.7 Å². The predicted octanol–water partition coefficient (Wildman–Crippen LogP) is 6.23. The lowest BCUT2D eigenvalue weighted by molar-refractivity contribution is 0.211. The SMILES string of the molecule is CC(C)c1oc(C2CCCN2Cc2cccc(N)c2)nc1-c1ccccc1.Cl.Cl. The minimum absolute atomic E-state index is 0. The van der Waals surface area contributed by atoms with Crippen molar-refractivity contribution in [3.63, 3.8) is 0 Å². The van der Waals surface area contributed by atoms with E-state index in [0.29, 0.717) is 5.92 Å². The van der Waals surface area contributed by atoms with Crippen LogP contribution in [0.1, 0.15) is 55.9 Å². The Morgan fingerprint density at radius 1 is 1.10 bits per heavy atom. The first-order chi connectivity index (χ1) is 13.1. The van der Waals surface area contributed by atoms with E-state index in [9.17, 15) is 0 Å². The zero-order valence-electron chi connectivity index (χ0n) is 16.9. The molecule has 0 amide bonds. The Balaban J connectivity index is 0.00000150. The fourth-order valence-corrected chi connectivity index (χ4v) is 3.91. The van der Waals surface area contributed by atoms with Crippen LogP contribution in [0.25, 0.3) is 11.3 Å². The van der Waals surface area contributed by atoms with Crippen molar-refractivity contribution >= 4 is 30.5 Å². The molecule has 1 fully saturated rings. The van der Waals surface area contributed by atoms with Gasteiger partial charge in [-0.25, -0.2) is 4.98 Å². The second kappa shape index (κ2) is 10.1. The largest absolute Gasteiger partial charge is 0.443 e. The van der Waals surface area contributed by atoms with Gasteiger partial charge >= 0.3 is 0 Å². The highest BCUT2D eigenvalue weighted by Gasteiger charge is 2.31. The van der Waals surface area contributed by atoms with Crippen molar-refractivity contribution in [1.29, 1.82) is 0 Å². The van der Waals surface area contributed by atoms with Crippen LogP contribution in [0, 0.1) is 0 Å². The Morgan fingerprint density at radius 3 is 2.55 bits per heavy atom. The number of anilines is 1. The van der Waals surface area contributed by atoms with E-state index in [0.717, 1.165) is 54.5 Å². The Labute approximate surface area is 185 Å². The third-order valence-corrected chi connectivity index (χ3v) is 5.23. The van der Waals surface area contributed by atoms with Crippen molar-refractivity contribution in [2.45, 2.75) is 45.2 Å². The molecule has 4 nitrogen and oxygen atoms in total. The number of nitrogens with zero attached hydrogens (tertiary/aromatic N) is 2. The number of aromatic nitrogens is 1. The van der Waals surface area contributed by atoms with E-state index in [-0.39, 0.29) is 30.9 Å². The van der Waals surface area contributed by atoms with Gasteiger partial charge < -0.3 is 10.2 Å². The second-order valence-electron chi connectivity index (χ2n) is 7.66. The van der Waals surface area contributed by atoms with Gasteiger partial charge in [0.05, 0.1) is 6.04 Å². The van der Waals surface area contributed by atoms with Crippen molar-refractivity contribution in [3.8, 4) is 11.3 Å². The van der Waals surface area contributed by atoms with Crippen molar-refractivity contribution in [1.82, 2.24) is 9.88 Å². The number of likely N-dealkylation sites (tertiary alicyclic amines) is 1. The van der Waals surface area contributed by atoms with Gasteiger partial charge in [-0.2, -0.15) is 0 Å². The number of halogens is 2. The summed E-state index contributed by atoms with van der Waals surface area (Å²) in [5.74, 6) is 2.12. The molecule has 156 valence electrons. The maximum atomic E-state index is 6.33. The van der Waals surface area contributed by atoms with E-state index < -0.39 is 0 Å². The van der Waals surface area contributed by atoms with Gasteiger partial charge in [0.15, 0.2) is 0 Å². The zero-order chi connectivity index (χ0) is 18.8. The third kappa shape index (κ3) is 5.13. The highest BCUT2D eigenvalue weighted by molar-refractivity contribution is 5.85. The van der Waals surface area contributed by atoms with Crippen LogP contribution in [-0.2, 0) is 6.54 Å². The monoisotopic (exact) mass is 433 g/mol. The summed E-state index contributed by atoms with van der Waals surface area (Å²) in [6, 6.07) is 18.7. The molecule has 0 bridgehead atoms. The highest BCUT2D eigenvalue weighted by Crippen LogP contribution is 2.37.